The van der Waals surface area contributed by atoms with E-state index in [0.29, 0.717) is 29.4 Å². The van der Waals surface area contributed by atoms with Crippen LogP contribution >= 0.6 is 0 Å². The van der Waals surface area contributed by atoms with Gasteiger partial charge in [0.15, 0.2) is 11.5 Å². The summed E-state index contributed by atoms with van der Waals surface area (Å²) < 4.78 is 15.9. The van der Waals surface area contributed by atoms with Crippen LogP contribution in [0.5, 0.6) is 17.2 Å². The van der Waals surface area contributed by atoms with Crippen LogP contribution in [0.4, 0.5) is 0 Å². The lowest BCUT2D eigenvalue weighted by Gasteiger charge is -2.14. The SMILES string of the molecule is COc1cc(C(=O)NCc2ccc(-c3cccnc3)nc2)cc(OC)c1OC. The van der Waals surface area contributed by atoms with Gasteiger partial charge in [0.05, 0.1) is 27.0 Å². The first-order valence-corrected chi connectivity index (χ1v) is 8.59. The van der Waals surface area contributed by atoms with Crippen LogP contribution < -0.4 is 19.5 Å². The van der Waals surface area contributed by atoms with Crippen molar-refractivity contribution in [3.05, 3.63) is 66.1 Å². The number of benzene rings is 1. The molecule has 144 valence electrons. The summed E-state index contributed by atoms with van der Waals surface area (Å²) in [6.07, 6.45) is 5.21. The van der Waals surface area contributed by atoms with Crippen molar-refractivity contribution in [1.82, 2.24) is 15.3 Å². The molecule has 0 aliphatic heterocycles. The Balaban J connectivity index is 1.70. The van der Waals surface area contributed by atoms with E-state index in [-0.39, 0.29) is 5.91 Å². The fraction of sp³-hybridized carbons (Fsp3) is 0.190. The molecule has 0 unspecified atom stereocenters. The average Bonchev–Trinajstić information content (AvgIpc) is 2.77. The first-order chi connectivity index (χ1) is 13.7. The summed E-state index contributed by atoms with van der Waals surface area (Å²) in [5.74, 6) is 1.04. The van der Waals surface area contributed by atoms with Crippen molar-refractivity contribution in [3.63, 3.8) is 0 Å². The first kappa shape index (κ1) is 19.2. The fourth-order valence-corrected chi connectivity index (χ4v) is 2.71. The second-order valence-corrected chi connectivity index (χ2v) is 5.89. The van der Waals surface area contributed by atoms with E-state index >= 15 is 0 Å². The van der Waals surface area contributed by atoms with Gasteiger partial charge in [0.2, 0.25) is 5.75 Å². The summed E-state index contributed by atoms with van der Waals surface area (Å²) in [7, 11) is 4.53. The van der Waals surface area contributed by atoms with Gasteiger partial charge in [-0.1, -0.05) is 6.07 Å². The van der Waals surface area contributed by atoms with Gasteiger partial charge in [-0.3, -0.25) is 14.8 Å². The van der Waals surface area contributed by atoms with Crippen molar-refractivity contribution in [2.75, 3.05) is 21.3 Å². The maximum Gasteiger partial charge on any atom is 0.251 e. The highest BCUT2D eigenvalue weighted by Crippen LogP contribution is 2.38. The minimum atomic E-state index is -0.254. The van der Waals surface area contributed by atoms with Crippen LogP contribution in [0.25, 0.3) is 11.3 Å². The molecule has 0 aliphatic carbocycles. The van der Waals surface area contributed by atoms with E-state index in [9.17, 15) is 4.79 Å². The Kier molecular flexibility index (Phi) is 6.06. The summed E-state index contributed by atoms with van der Waals surface area (Å²) in [6.45, 7) is 0.343. The number of amides is 1. The Morgan fingerprint density at radius 3 is 2.29 bits per heavy atom. The number of hydrogen-bond donors (Lipinski definition) is 1. The average molecular weight is 379 g/mol. The van der Waals surface area contributed by atoms with Gasteiger partial charge in [-0.25, -0.2) is 0 Å². The van der Waals surface area contributed by atoms with E-state index < -0.39 is 0 Å². The number of nitrogens with one attached hydrogen (secondary N) is 1. The van der Waals surface area contributed by atoms with Crippen molar-refractivity contribution < 1.29 is 19.0 Å². The van der Waals surface area contributed by atoms with Crippen LogP contribution in [0.1, 0.15) is 15.9 Å². The van der Waals surface area contributed by atoms with Crippen molar-refractivity contribution >= 4 is 5.91 Å². The van der Waals surface area contributed by atoms with Crippen LogP contribution in [0.3, 0.4) is 0 Å². The van der Waals surface area contributed by atoms with Crippen LogP contribution in [0.15, 0.2) is 55.0 Å². The Morgan fingerprint density at radius 1 is 1.00 bits per heavy atom. The zero-order valence-corrected chi connectivity index (χ0v) is 15.9. The van der Waals surface area contributed by atoms with Crippen molar-refractivity contribution in [2.45, 2.75) is 6.54 Å². The molecule has 7 nitrogen and oxygen atoms in total. The van der Waals surface area contributed by atoms with E-state index in [1.54, 1.807) is 30.7 Å². The zero-order chi connectivity index (χ0) is 19.9. The maximum atomic E-state index is 12.6. The predicted octanol–water partition coefficient (Wildman–Crippen LogP) is 3.10. The van der Waals surface area contributed by atoms with E-state index in [1.165, 1.54) is 21.3 Å². The molecule has 0 aliphatic rings. The first-order valence-electron chi connectivity index (χ1n) is 8.59. The van der Waals surface area contributed by atoms with Gasteiger partial charge in [0.25, 0.3) is 5.91 Å². The number of nitrogens with zero attached hydrogens (tertiary/aromatic N) is 2. The molecule has 7 heteroatoms. The molecular weight excluding hydrogens is 358 g/mol. The third kappa shape index (κ3) is 4.20. The number of pyridine rings is 2. The minimum Gasteiger partial charge on any atom is -0.493 e. The number of aromatic nitrogens is 2. The van der Waals surface area contributed by atoms with E-state index in [2.05, 4.69) is 15.3 Å². The molecule has 3 aromatic rings. The fourth-order valence-electron chi connectivity index (χ4n) is 2.71. The molecule has 0 bridgehead atoms. The number of carbonyl (C=O) groups excluding carboxylic acids is 1. The summed E-state index contributed by atoms with van der Waals surface area (Å²) >= 11 is 0. The Bertz CT molecular complexity index is 919. The smallest absolute Gasteiger partial charge is 0.251 e. The van der Waals surface area contributed by atoms with Gasteiger partial charge in [-0.05, 0) is 35.9 Å². The Morgan fingerprint density at radius 2 is 1.75 bits per heavy atom. The standard InChI is InChI=1S/C21H21N3O4/c1-26-18-9-16(10-19(27-2)20(18)28-3)21(25)24-12-14-6-7-17(23-11-14)15-5-4-8-22-13-15/h4-11,13H,12H2,1-3H3,(H,24,25). The van der Waals surface area contributed by atoms with Gasteiger partial charge in [-0.15, -0.1) is 0 Å². The molecule has 1 aromatic carbocycles. The highest BCUT2D eigenvalue weighted by atomic mass is 16.5. The van der Waals surface area contributed by atoms with Crippen molar-refractivity contribution in [2.24, 2.45) is 0 Å². The maximum absolute atomic E-state index is 12.6. The largest absolute Gasteiger partial charge is 0.493 e. The van der Waals surface area contributed by atoms with Gasteiger partial charge >= 0.3 is 0 Å². The molecule has 0 fully saturated rings. The van der Waals surface area contributed by atoms with E-state index in [4.69, 9.17) is 14.2 Å². The molecule has 0 saturated carbocycles. The second kappa shape index (κ2) is 8.85. The molecule has 0 saturated heterocycles. The third-order valence-electron chi connectivity index (χ3n) is 4.16. The normalized spacial score (nSPS) is 10.2. The van der Waals surface area contributed by atoms with Crippen molar-refractivity contribution in [1.29, 1.82) is 0 Å². The lowest BCUT2D eigenvalue weighted by atomic mass is 10.1. The zero-order valence-electron chi connectivity index (χ0n) is 15.9. The molecule has 0 radical (unpaired) electrons. The molecule has 0 atom stereocenters. The molecule has 28 heavy (non-hydrogen) atoms. The predicted molar refractivity (Wildman–Crippen MR) is 105 cm³/mol. The summed E-state index contributed by atoms with van der Waals surface area (Å²) in [6, 6.07) is 10.9. The van der Waals surface area contributed by atoms with Crippen molar-refractivity contribution in [3.8, 4) is 28.5 Å². The number of methoxy groups -OCH3 is 3. The lowest BCUT2D eigenvalue weighted by Crippen LogP contribution is -2.23. The van der Waals surface area contributed by atoms with E-state index in [1.807, 2.05) is 24.3 Å². The van der Waals surface area contributed by atoms with E-state index in [0.717, 1.165) is 16.8 Å². The van der Waals surface area contributed by atoms with Gasteiger partial charge in [-0.2, -0.15) is 0 Å². The molecule has 1 amide bonds. The molecular formula is C21H21N3O4. The van der Waals surface area contributed by atoms with Gasteiger partial charge in [0, 0.05) is 36.3 Å². The number of hydrogen-bond acceptors (Lipinski definition) is 6. The molecule has 2 aromatic heterocycles. The van der Waals surface area contributed by atoms with Crippen LogP contribution in [0, 0.1) is 0 Å². The monoisotopic (exact) mass is 379 g/mol. The Hall–Kier alpha value is -3.61. The van der Waals surface area contributed by atoms with Gasteiger partial charge in [0.1, 0.15) is 0 Å². The topological polar surface area (TPSA) is 82.6 Å². The number of rotatable bonds is 7. The summed E-state index contributed by atoms with van der Waals surface area (Å²) in [5, 5.41) is 2.87. The Labute approximate surface area is 163 Å². The summed E-state index contributed by atoms with van der Waals surface area (Å²) in [5.41, 5.74) is 3.06. The number of carbonyl (C=O) groups is 1. The molecule has 0 spiro atoms. The van der Waals surface area contributed by atoms with Crippen LogP contribution in [-0.2, 0) is 6.54 Å². The third-order valence-corrected chi connectivity index (χ3v) is 4.16. The number of ether oxygens (including phenoxy) is 3. The van der Waals surface area contributed by atoms with Gasteiger partial charge < -0.3 is 19.5 Å². The molecule has 3 rings (SSSR count). The lowest BCUT2D eigenvalue weighted by molar-refractivity contribution is 0.0950. The second-order valence-electron chi connectivity index (χ2n) is 5.89. The molecule has 2 heterocycles. The van der Waals surface area contributed by atoms with Crippen LogP contribution in [0.2, 0.25) is 0 Å². The highest BCUT2D eigenvalue weighted by Gasteiger charge is 2.16. The minimum absolute atomic E-state index is 0.254. The summed E-state index contributed by atoms with van der Waals surface area (Å²) in [4.78, 5) is 21.1. The quantitative estimate of drug-likeness (QED) is 0.679. The highest BCUT2D eigenvalue weighted by molar-refractivity contribution is 5.95. The molecule has 1 N–H and O–H groups in total. The van der Waals surface area contributed by atoms with Crippen LogP contribution in [-0.4, -0.2) is 37.2 Å².